The highest BCUT2D eigenvalue weighted by Gasteiger charge is 2.19. The zero-order valence-corrected chi connectivity index (χ0v) is 14.3. The van der Waals surface area contributed by atoms with Crippen molar-refractivity contribution in [3.05, 3.63) is 78.4 Å². The minimum atomic E-state index is 0.256. The van der Waals surface area contributed by atoms with Crippen molar-refractivity contribution < 1.29 is 5.11 Å². The summed E-state index contributed by atoms with van der Waals surface area (Å²) in [6.45, 7) is 2.05. The van der Waals surface area contributed by atoms with Gasteiger partial charge in [-0.25, -0.2) is 9.97 Å². The highest BCUT2D eigenvalue weighted by atomic mass is 16.3. The average Bonchev–Trinajstić information content (AvgIpc) is 2.68. The minimum absolute atomic E-state index is 0.256. The van der Waals surface area contributed by atoms with Crippen LogP contribution in [0.15, 0.2) is 72.8 Å². The SMILES string of the molecule is Cc1ccccc1-c1c(O)c2ccccc2c2nc3ccccc3nc12. The summed E-state index contributed by atoms with van der Waals surface area (Å²) in [5.74, 6) is 0.256. The second-order valence-corrected chi connectivity index (χ2v) is 6.49. The largest absolute Gasteiger partial charge is 0.507 e. The van der Waals surface area contributed by atoms with Crippen molar-refractivity contribution in [3.8, 4) is 16.9 Å². The molecule has 124 valence electrons. The summed E-state index contributed by atoms with van der Waals surface area (Å²) in [7, 11) is 0. The number of phenols is 1. The zero-order valence-electron chi connectivity index (χ0n) is 14.3. The Labute approximate surface area is 150 Å². The van der Waals surface area contributed by atoms with E-state index in [0.29, 0.717) is 0 Å². The van der Waals surface area contributed by atoms with Gasteiger partial charge in [-0.1, -0.05) is 60.7 Å². The number of nitrogens with zero attached hydrogens (tertiary/aromatic N) is 2. The van der Waals surface area contributed by atoms with E-state index >= 15 is 0 Å². The van der Waals surface area contributed by atoms with Gasteiger partial charge in [0.15, 0.2) is 0 Å². The lowest BCUT2D eigenvalue weighted by Crippen LogP contribution is -1.94. The number of aryl methyl sites for hydroxylation is 1. The van der Waals surface area contributed by atoms with Gasteiger partial charge >= 0.3 is 0 Å². The second-order valence-electron chi connectivity index (χ2n) is 6.49. The fourth-order valence-corrected chi connectivity index (χ4v) is 3.61. The molecule has 1 heterocycles. The Morgan fingerprint density at radius 2 is 1.23 bits per heavy atom. The van der Waals surface area contributed by atoms with Gasteiger partial charge in [-0.3, -0.25) is 0 Å². The molecule has 0 fully saturated rings. The fraction of sp³-hybridized carbons (Fsp3) is 0.0435. The first kappa shape index (κ1) is 14.8. The standard InChI is InChI=1S/C23H16N2O/c1-14-8-2-3-9-15(14)20-22-21(16-10-4-5-11-17(16)23(20)26)24-18-12-6-7-13-19(18)25-22/h2-13,26H,1H3. The molecule has 0 saturated carbocycles. The number of aromatic nitrogens is 2. The molecule has 5 rings (SSSR count). The van der Waals surface area contributed by atoms with E-state index in [2.05, 4.69) is 0 Å². The minimum Gasteiger partial charge on any atom is -0.507 e. The van der Waals surface area contributed by atoms with Crippen LogP contribution in [0.25, 0.3) is 44.0 Å². The molecular formula is C23H16N2O. The monoisotopic (exact) mass is 336 g/mol. The van der Waals surface area contributed by atoms with Gasteiger partial charge in [0.2, 0.25) is 0 Å². The molecular weight excluding hydrogens is 320 g/mol. The van der Waals surface area contributed by atoms with Crippen molar-refractivity contribution in [2.45, 2.75) is 6.92 Å². The van der Waals surface area contributed by atoms with Crippen molar-refractivity contribution in [1.29, 1.82) is 0 Å². The maximum absolute atomic E-state index is 11.1. The number of rotatable bonds is 1. The number of benzene rings is 4. The van der Waals surface area contributed by atoms with Gasteiger partial charge in [0.05, 0.1) is 22.1 Å². The van der Waals surface area contributed by atoms with E-state index in [1.54, 1.807) is 0 Å². The van der Waals surface area contributed by atoms with Crippen LogP contribution in [0, 0.1) is 6.92 Å². The lowest BCUT2D eigenvalue weighted by Gasteiger charge is -2.15. The number of fused-ring (bicyclic) bond motifs is 4. The summed E-state index contributed by atoms with van der Waals surface area (Å²) >= 11 is 0. The Morgan fingerprint density at radius 3 is 1.96 bits per heavy atom. The topological polar surface area (TPSA) is 46.0 Å². The molecule has 0 unspecified atom stereocenters. The van der Waals surface area contributed by atoms with Gasteiger partial charge in [0, 0.05) is 10.8 Å². The maximum Gasteiger partial charge on any atom is 0.133 e. The van der Waals surface area contributed by atoms with Crippen LogP contribution in [-0.4, -0.2) is 15.1 Å². The molecule has 0 aliphatic rings. The molecule has 0 aliphatic carbocycles. The molecule has 26 heavy (non-hydrogen) atoms. The molecule has 3 heteroatoms. The summed E-state index contributed by atoms with van der Waals surface area (Å²) in [6.07, 6.45) is 0. The molecule has 4 aromatic carbocycles. The van der Waals surface area contributed by atoms with Crippen molar-refractivity contribution in [1.82, 2.24) is 9.97 Å². The Bertz CT molecular complexity index is 1310. The molecule has 0 aliphatic heterocycles. The van der Waals surface area contributed by atoms with E-state index < -0.39 is 0 Å². The predicted octanol–water partition coefficient (Wildman–Crippen LogP) is 5.62. The van der Waals surface area contributed by atoms with E-state index in [9.17, 15) is 5.11 Å². The number of hydrogen-bond donors (Lipinski definition) is 1. The summed E-state index contributed by atoms with van der Waals surface area (Å²) < 4.78 is 0. The third-order valence-electron chi connectivity index (χ3n) is 4.90. The molecule has 0 saturated heterocycles. The van der Waals surface area contributed by atoms with E-state index in [0.717, 1.165) is 49.5 Å². The fourth-order valence-electron chi connectivity index (χ4n) is 3.61. The smallest absolute Gasteiger partial charge is 0.133 e. The number of para-hydroxylation sites is 2. The molecule has 3 nitrogen and oxygen atoms in total. The predicted molar refractivity (Wildman–Crippen MR) is 106 cm³/mol. The van der Waals surface area contributed by atoms with Gasteiger partial charge in [0.1, 0.15) is 11.3 Å². The third-order valence-corrected chi connectivity index (χ3v) is 4.90. The molecule has 1 N–H and O–H groups in total. The first-order valence-electron chi connectivity index (χ1n) is 8.60. The van der Waals surface area contributed by atoms with E-state index in [1.165, 1.54) is 0 Å². The molecule has 0 atom stereocenters. The molecule has 5 aromatic rings. The van der Waals surface area contributed by atoms with Gasteiger partial charge in [-0.15, -0.1) is 0 Å². The summed E-state index contributed by atoms with van der Waals surface area (Å²) in [5.41, 5.74) is 6.04. The van der Waals surface area contributed by atoms with Crippen LogP contribution in [0.3, 0.4) is 0 Å². The van der Waals surface area contributed by atoms with Crippen molar-refractivity contribution in [3.63, 3.8) is 0 Å². The molecule has 0 radical (unpaired) electrons. The van der Waals surface area contributed by atoms with Gasteiger partial charge in [0.25, 0.3) is 0 Å². The van der Waals surface area contributed by atoms with Crippen LogP contribution in [0.1, 0.15) is 5.56 Å². The van der Waals surface area contributed by atoms with Gasteiger partial charge in [-0.2, -0.15) is 0 Å². The Kier molecular flexibility index (Phi) is 3.16. The van der Waals surface area contributed by atoms with Crippen LogP contribution in [-0.2, 0) is 0 Å². The Morgan fingerprint density at radius 1 is 0.654 bits per heavy atom. The number of aromatic hydroxyl groups is 1. The van der Waals surface area contributed by atoms with Crippen molar-refractivity contribution in [2.75, 3.05) is 0 Å². The molecule has 0 amide bonds. The average molecular weight is 336 g/mol. The van der Waals surface area contributed by atoms with E-state index in [1.807, 2.05) is 79.7 Å². The highest BCUT2D eigenvalue weighted by Crippen LogP contribution is 2.43. The lowest BCUT2D eigenvalue weighted by molar-refractivity contribution is 0.484. The van der Waals surface area contributed by atoms with Crippen molar-refractivity contribution in [2.24, 2.45) is 0 Å². The normalized spacial score (nSPS) is 11.4. The quantitative estimate of drug-likeness (QED) is 0.319. The molecule has 0 bridgehead atoms. The Hall–Kier alpha value is -3.46. The van der Waals surface area contributed by atoms with Gasteiger partial charge in [-0.05, 0) is 30.2 Å². The Balaban J connectivity index is 2.07. The van der Waals surface area contributed by atoms with Crippen LogP contribution < -0.4 is 0 Å². The number of hydrogen-bond acceptors (Lipinski definition) is 3. The summed E-state index contributed by atoms with van der Waals surface area (Å²) in [4.78, 5) is 9.77. The molecule has 1 aromatic heterocycles. The van der Waals surface area contributed by atoms with E-state index in [4.69, 9.17) is 9.97 Å². The van der Waals surface area contributed by atoms with Gasteiger partial charge < -0.3 is 5.11 Å². The first-order valence-corrected chi connectivity index (χ1v) is 8.60. The van der Waals surface area contributed by atoms with Crippen molar-refractivity contribution >= 4 is 32.8 Å². The summed E-state index contributed by atoms with van der Waals surface area (Å²) in [6, 6.07) is 23.7. The highest BCUT2D eigenvalue weighted by molar-refractivity contribution is 6.15. The zero-order chi connectivity index (χ0) is 17.7. The van der Waals surface area contributed by atoms with Crippen LogP contribution >= 0.6 is 0 Å². The van der Waals surface area contributed by atoms with Crippen LogP contribution in [0.2, 0.25) is 0 Å². The maximum atomic E-state index is 11.1. The third kappa shape index (κ3) is 2.07. The second kappa shape index (κ2) is 5.53. The first-order chi connectivity index (χ1) is 12.7. The lowest BCUT2D eigenvalue weighted by atomic mass is 9.94. The molecule has 0 spiro atoms. The van der Waals surface area contributed by atoms with E-state index in [-0.39, 0.29) is 5.75 Å². The van der Waals surface area contributed by atoms with Crippen LogP contribution in [0.5, 0.6) is 5.75 Å². The number of phenolic OH excluding ortho intramolecular Hbond substituents is 1. The summed E-state index contributed by atoms with van der Waals surface area (Å²) in [5, 5.41) is 12.8. The van der Waals surface area contributed by atoms with Crippen LogP contribution in [0.4, 0.5) is 0 Å².